The summed E-state index contributed by atoms with van der Waals surface area (Å²) in [6, 6.07) is 12.9. The van der Waals surface area contributed by atoms with Crippen molar-refractivity contribution in [3.63, 3.8) is 0 Å². The van der Waals surface area contributed by atoms with Crippen molar-refractivity contribution in [3.05, 3.63) is 88.7 Å². The van der Waals surface area contributed by atoms with Crippen molar-refractivity contribution in [2.75, 3.05) is 55.6 Å². The van der Waals surface area contributed by atoms with Crippen LogP contribution >= 0.6 is 0 Å². The molecule has 0 spiro atoms. The fraction of sp³-hybridized carbons (Fsp3) is 0.444. The van der Waals surface area contributed by atoms with Crippen molar-refractivity contribution in [1.82, 2.24) is 30.4 Å². The Morgan fingerprint density at radius 2 is 1.69 bits per heavy atom. The van der Waals surface area contributed by atoms with Gasteiger partial charge in [-0.25, -0.2) is 13.8 Å². The highest BCUT2D eigenvalue weighted by atomic mass is 19.1. The lowest BCUT2D eigenvalue weighted by Crippen LogP contribution is -2.52. The number of piperidine rings is 2. The van der Waals surface area contributed by atoms with Crippen molar-refractivity contribution in [1.29, 1.82) is 5.26 Å². The van der Waals surface area contributed by atoms with Crippen LogP contribution in [0, 0.1) is 28.9 Å². The van der Waals surface area contributed by atoms with E-state index < -0.39 is 29.5 Å². The Morgan fingerprint density at radius 1 is 0.902 bits per heavy atom. The second kappa shape index (κ2) is 17.0. The number of anilines is 2. The molecule has 1 aliphatic carbocycles. The first kappa shape index (κ1) is 40.2. The molecule has 0 radical (unpaired) electrons. The summed E-state index contributed by atoms with van der Waals surface area (Å²) in [6.07, 6.45) is 8.12. The minimum absolute atomic E-state index is 0.0386. The molecule has 2 aromatic heterocycles. The molecule has 4 fully saturated rings. The molecule has 4 aromatic rings. The van der Waals surface area contributed by atoms with Gasteiger partial charge in [0, 0.05) is 88.2 Å². The molecule has 0 bridgehead atoms. The van der Waals surface area contributed by atoms with Crippen molar-refractivity contribution in [2.45, 2.75) is 76.1 Å². The van der Waals surface area contributed by atoms with Crippen molar-refractivity contribution in [3.8, 4) is 11.8 Å². The highest BCUT2D eigenvalue weighted by Crippen LogP contribution is 2.34. The Hall–Kier alpha value is -6.21. The van der Waals surface area contributed by atoms with Crippen LogP contribution in [0.4, 0.5) is 20.3 Å². The number of hydrogen-bond acceptors (Lipinski definition) is 11. The van der Waals surface area contributed by atoms with E-state index in [2.05, 4.69) is 31.6 Å². The van der Waals surface area contributed by atoms with Crippen LogP contribution in [0.25, 0.3) is 10.9 Å². The molecule has 1 unspecified atom stereocenters. The zero-order valence-corrected chi connectivity index (χ0v) is 33.7. The highest BCUT2D eigenvalue weighted by molar-refractivity contribution is 6.05. The van der Waals surface area contributed by atoms with Crippen LogP contribution in [0.15, 0.2) is 54.9 Å². The average Bonchev–Trinajstić information content (AvgIpc) is 3.58. The van der Waals surface area contributed by atoms with Crippen LogP contribution in [0.1, 0.15) is 83.2 Å². The number of pyridine rings is 2. The van der Waals surface area contributed by atoms with Gasteiger partial charge in [-0.15, -0.1) is 0 Å². The van der Waals surface area contributed by atoms with Gasteiger partial charge in [-0.3, -0.25) is 34.4 Å². The lowest BCUT2D eigenvalue weighted by molar-refractivity contribution is -0.136. The molecular weight excluding hydrogens is 785 g/mol. The molecule has 61 heavy (non-hydrogen) atoms. The van der Waals surface area contributed by atoms with Crippen LogP contribution in [-0.4, -0.2) is 107 Å². The highest BCUT2D eigenvalue weighted by Gasteiger charge is 2.40. The smallest absolute Gasteiger partial charge is 0.255 e. The molecule has 5 aliphatic rings. The average molecular weight is 832 g/mol. The Kier molecular flexibility index (Phi) is 11.2. The van der Waals surface area contributed by atoms with Crippen LogP contribution in [0.3, 0.4) is 0 Å². The Labute approximate surface area is 351 Å². The second-order valence-electron chi connectivity index (χ2n) is 16.8. The van der Waals surface area contributed by atoms with Gasteiger partial charge in [0.2, 0.25) is 11.8 Å². The first-order valence-electron chi connectivity index (χ1n) is 21.2. The van der Waals surface area contributed by atoms with E-state index in [1.165, 1.54) is 23.2 Å². The van der Waals surface area contributed by atoms with E-state index in [-0.39, 0.29) is 60.3 Å². The summed E-state index contributed by atoms with van der Waals surface area (Å²) in [5.74, 6) is -1.22. The van der Waals surface area contributed by atoms with Crippen LogP contribution in [0.5, 0.6) is 5.75 Å². The molecule has 16 heteroatoms. The van der Waals surface area contributed by atoms with Gasteiger partial charge in [0.05, 0.1) is 28.4 Å². The maximum Gasteiger partial charge on any atom is 0.255 e. The predicted octanol–water partition coefficient (Wildman–Crippen LogP) is 4.70. The largest absolute Gasteiger partial charge is 0.490 e. The molecule has 6 heterocycles. The van der Waals surface area contributed by atoms with Crippen LogP contribution in [0.2, 0.25) is 0 Å². The number of fused-ring (bicyclic) bond motifs is 2. The van der Waals surface area contributed by atoms with E-state index >= 15 is 8.78 Å². The Balaban J connectivity index is 0.715. The second-order valence-corrected chi connectivity index (χ2v) is 16.8. The minimum atomic E-state index is -0.748. The van der Waals surface area contributed by atoms with Gasteiger partial charge in [0.1, 0.15) is 23.7 Å². The number of ether oxygens (including phenoxy) is 1. The van der Waals surface area contributed by atoms with E-state index in [4.69, 9.17) is 4.74 Å². The van der Waals surface area contributed by atoms with Gasteiger partial charge in [0.15, 0.2) is 11.6 Å². The Morgan fingerprint density at radius 3 is 2.43 bits per heavy atom. The number of benzene rings is 2. The number of rotatable bonds is 9. The molecule has 1 atom stereocenters. The summed E-state index contributed by atoms with van der Waals surface area (Å²) in [5.41, 5.74) is 2.69. The first-order chi connectivity index (χ1) is 29.6. The summed E-state index contributed by atoms with van der Waals surface area (Å²) >= 11 is 0. The number of imide groups is 1. The summed E-state index contributed by atoms with van der Waals surface area (Å²) in [6.45, 7) is 5.13. The number of piperazine rings is 1. The topological polar surface area (TPSA) is 164 Å². The van der Waals surface area contributed by atoms with Gasteiger partial charge in [0.25, 0.3) is 11.8 Å². The molecule has 316 valence electrons. The lowest BCUT2D eigenvalue weighted by atomic mass is 9.92. The molecule has 3 saturated heterocycles. The lowest BCUT2D eigenvalue weighted by Gasteiger charge is -2.40. The first-order valence-corrected chi connectivity index (χ1v) is 21.2. The summed E-state index contributed by atoms with van der Waals surface area (Å²) in [7, 11) is 0. The van der Waals surface area contributed by atoms with Gasteiger partial charge in [-0.1, -0.05) is 0 Å². The van der Waals surface area contributed by atoms with Crippen LogP contribution in [-0.2, 0) is 16.1 Å². The van der Waals surface area contributed by atoms with Crippen LogP contribution < -0.4 is 25.2 Å². The molecule has 9 rings (SSSR count). The van der Waals surface area contributed by atoms with Gasteiger partial charge < -0.3 is 24.8 Å². The van der Waals surface area contributed by atoms with Crippen molar-refractivity contribution < 1.29 is 32.7 Å². The van der Waals surface area contributed by atoms with Gasteiger partial charge >= 0.3 is 0 Å². The quantitative estimate of drug-likeness (QED) is 0.225. The van der Waals surface area contributed by atoms with E-state index in [9.17, 15) is 24.4 Å². The molecule has 4 amide bonds. The number of nitrogens with zero attached hydrogens (tertiary/aromatic N) is 7. The minimum Gasteiger partial charge on any atom is -0.490 e. The number of halogens is 2. The molecule has 1 saturated carbocycles. The van der Waals surface area contributed by atoms with Gasteiger partial charge in [-0.05, 0) is 98.9 Å². The number of hydrogen-bond donors (Lipinski definition) is 2. The fourth-order valence-corrected chi connectivity index (χ4v) is 9.58. The third-order valence-corrected chi connectivity index (χ3v) is 13.0. The maximum absolute atomic E-state index is 15.5. The number of carbonyl (C=O) groups is 4. The third kappa shape index (κ3) is 8.31. The SMILES string of the molecule is N#Cc1ccc(OC2CCC(NC(=O)c3cnc(N4CCC(CN5CCN(c6cc7c(cc6F)C(=O)N(C6CCC(=O)NC6=O)C7)CC5)CC4)c(F)c3)CC2)c2cccnc12. The Bertz CT molecular complexity index is 2420. The summed E-state index contributed by atoms with van der Waals surface area (Å²) < 4.78 is 37.2. The molecule has 2 aromatic carbocycles. The predicted molar refractivity (Wildman–Crippen MR) is 221 cm³/mol. The number of carbonyl (C=O) groups excluding carboxylic acids is 4. The monoisotopic (exact) mass is 831 g/mol. The molecule has 14 nitrogen and oxygen atoms in total. The number of amides is 4. The third-order valence-electron chi connectivity index (χ3n) is 13.0. The van der Waals surface area contributed by atoms with E-state index in [1.807, 2.05) is 28.0 Å². The maximum atomic E-state index is 15.5. The van der Waals surface area contributed by atoms with E-state index in [1.54, 1.807) is 18.3 Å². The zero-order chi connectivity index (χ0) is 42.2. The summed E-state index contributed by atoms with van der Waals surface area (Å²) in [5, 5.41) is 15.6. The van der Waals surface area contributed by atoms with E-state index in [0.29, 0.717) is 73.0 Å². The number of nitrogens with one attached hydrogen (secondary N) is 2. The fourth-order valence-electron chi connectivity index (χ4n) is 9.58. The van der Waals surface area contributed by atoms with Crippen molar-refractivity contribution in [2.24, 2.45) is 5.92 Å². The number of aromatic nitrogens is 2. The zero-order valence-electron chi connectivity index (χ0n) is 33.7. The normalized spacial score (nSPS) is 22.5. The molecular formula is C45H47F2N9O5. The van der Waals surface area contributed by atoms with Gasteiger partial charge in [-0.2, -0.15) is 5.26 Å². The molecule has 2 N–H and O–H groups in total. The number of nitriles is 1. The van der Waals surface area contributed by atoms with Crippen molar-refractivity contribution >= 4 is 46.0 Å². The standard InChI is InChI=1S/C45H47F2N9O5/c46-35-22-34-30(26-56(45(34)60)37-8-10-40(57)52-44(37)59)21-38(35)54-18-16-53(17-19-54)25-27-11-14-55(15-12-27)42-36(47)20-29(24-50-42)43(58)51-31-4-6-32(7-5-31)61-39-9-3-28(23-48)41-33(39)2-1-13-49-41/h1-3,9,13,20-22,24,27,31-32,37H,4-8,10-12,14-19,25-26H2,(H,51,58)(H,52,57,59). The summed E-state index contributed by atoms with van der Waals surface area (Å²) in [4.78, 5) is 66.9. The van der Waals surface area contributed by atoms with E-state index in [0.717, 1.165) is 50.7 Å². The molecule has 4 aliphatic heterocycles.